The topological polar surface area (TPSA) is 112 Å². The van der Waals surface area contributed by atoms with Crippen molar-refractivity contribution in [1.82, 2.24) is 14.9 Å². The molecule has 0 radical (unpaired) electrons. The number of likely N-dealkylation sites (N-methyl/N-ethyl adjacent to an activating group) is 1. The number of aromatic nitrogens is 2. The first kappa shape index (κ1) is 14.6. The molecule has 5 N–H and O–H groups in total. The number of nitrogens with zero attached hydrogens (tertiary/aromatic N) is 3. The summed E-state index contributed by atoms with van der Waals surface area (Å²) in [6, 6.07) is 5.63. The summed E-state index contributed by atoms with van der Waals surface area (Å²) in [6.45, 7) is 1.76. The molecule has 8 nitrogen and oxygen atoms in total. The Labute approximate surface area is 127 Å². The van der Waals surface area contributed by atoms with Crippen LogP contribution in [0.15, 0.2) is 23.4 Å². The number of imidazole rings is 1. The summed E-state index contributed by atoms with van der Waals surface area (Å²) < 4.78 is 5.50. The lowest BCUT2D eigenvalue weighted by atomic mass is 10.2. The smallest absolute Gasteiger partial charge is 0.201 e. The number of amidine groups is 1. The molecule has 0 spiro atoms. The molecular weight excluding hydrogens is 284 g/mol. The minimum Gasteiger partial charge on any atom is -0.409 e. The van der Waals surface area contributed by atoms with Gasteiger partial charge in [0.25, 0.3) is 0 Å². The minimum atomic E-state index is 0.0520. The van der Waals surface area contributed by atoms with Gasteiger partial charge >= 0.3 is 0 Å². The molecule has 3 rings (SSSR count). The number of para-hydroxylation sites is 1. The van der Waals surface area contributed by atoms with E-state index in [0.717, 1.165) is 24.1 Å². The van der Waals surface area contributed by atoms with Crippen molar-refractivity contribution in [2.75, 3.05) is 32.6 Å². The monoisotopic (exact) mass is 304 g/mol. The number of nitrogens with one attached hydrogen (secondary N) is 2. The second-order valence-electron chi connectivity index (χ2n) is 5.52. The molecule has 1 aromatic heterocycles. The second-order valence-corrected chi connectivity index (χ2v) is 5.52. The van der Waals surface area contributed by atoms with Crippen molar-refractivity contribution in [3.63, 3.8) is 0 Å². The third-order valence-corrected chi connectivity index (χ3v) is 3.98. The number of likely N-dealkylation sites (tertiary alicyclic amines) is 1. The van der Waals surface area contributed by atoms with Crippen LogP contribution >= 0.6 is 0 Å². The maximum absolute atomic E-state index is 8.87. The summed E-state index contributed by atoms with van der Waals surface area (Å²) in [5.74, 6) is 0.701. The molecule has 2 atom stereocenters. The molecule has 1 fully saturated rings. The Morgan fingerprint density at radius 1 is 1.55 bits per heavy atom. The van der Waals surface area contributed by atoms with E-state index in [1.54, 1.807) is 13.2 Å². The number of hydrogen-bond donors (Lipinski definition) is 4. The van der Waals surface area contributed by atoms with Crippen LogP contribution in [0.25, 0.3) is 11.0 Å². The van der Waals surface area contributed by atoms with Crippen LogP contribution in [-0.2, 0) is 4.74 Å². The second kappa shape index (κ2) is 5.82. The number of anilines is 1. The highest BCUT2D eigenvalue weighted by atomic mass is 16.5. The molecule has 1 saturated heterocycles. The predicted octanol–water partition coefficient (Wildman–Crippen LogP) is 0.398. The van der Waals surface area contributed by atoms with Crippen molar-refractivity contribution in [2.24, 2.45) is 10.9 Å². The number of ether oxygens (including phenoxy) is 1. The Balaban J connectivity index is 1.89. The molecule has 8 heteroatoms. The largest absolute Gasteiger partial charge is 0.409 e. The van der Waals surface area contributed by atoms with E-state index in [1.165, 1.54) is 0 Å². The normalized spacial score (nSPS) is 23.3. The third kappa shape index (κ3) is 2.58. The molecule has 22 heavy (non-hydrogen) atoms. The number of nitrogens with two attached hydrogens (primary N) is 1. The first-order valence-corrected chi connectivity index (χ1v) is 7.07. The Morgan fingerprint density at radius 3 is 3.09 bits per heavy atom. The van der Waals surface area contributed by atoms with Crippen molar-refractivity contribution >= 4 is 22.8 Å². The maximum atomic E-state index is 8.87. The van der Waals surface area contributed by atoms with Crippen LogP contribution < -0.4 is 11.1 Å². The number of aromatic amines is 1. The van der Waals surface area contributed by atoms with Gasteiger partial charge in [0, 0.05) is 25.8 Å². The van der Waals surface area contributed by atoms with Gasteiger partial charge in [0.05, 0.1) is 23.2 Å². The third-order valence-electron chi connectivity index (χ3n) is 3.98. The highest BCUT2D eigenvalue weighted by molar-refractivity contribution is 6.07. The summed E-state index contributed by atoms with van der Waals surface area (Å²) in [5, 5.41) is 15.3. The van der Waals surface area contributed by atoms with E-state index in [1.807, 2.05) is 12.1 Å². The van der Waals surface area contributed by atoms with E-state index in [4.69, 9.17) is 15.7 Å². The van der Waals surface area contributed by atoms with Crippen LogP contribution in [0.5, 0.6) is 0 Å². The fourth-order valence-electron chi connectivity index (χ4n) is 2.88. The average molecular weight is 304 g/mol. The average Bonchev–Trinajstić information content (AvgIpc) is 3.08. The molecule has 0 amide bonds. The first-order chi connectivity index (χ1) is 10.6. The molecule has 0 unspecified atom stereocenters. The number of benzene rings is 1. The molecule has 0 saturated carbocycles. The molecule has 118 valence electrons. The SMILES string of the molecule is CO[C@@H]1CN(C)C[C@H]1Nc1nc2cccc(C(N)=NO)c2[nH]1. The molecule has 1 aliphatic heterocycles. The molecule has 0 bridgehead atoms. The molecule has 0 aliphatic carbocycles. The minimum absolute atomic E-state index is 0.0520. The Morgan fingerprint density at radius 2 is 2.36 bits per heavy atom. The quantitative estimate of drug-likeness (QED) is 0.281. The highest BCUT2D eigenvalue weighted by Gasteiger charge is 2.31. The summed E-state index contributed by atoms with van der Waals surface area (Å²) >= 11 is 0. The van der Waals surface area contributed by atoms with Crippen LogP contribution in [-0.4, -0.2) is 65.3 Å². The molecule has 1 aliphatic rings. The van der Waals surface area contributed by atoms with Gasteiger partial charge < -0.3 is 30.9 Å². The number of fused-ring (bicyclic) bond motifs is 1. The zero-order valence-corrected chi connectivity index (χ0v) is 12.6. The summed E-state index contributed by atoms with van der Waals surface area (Å²) in [7, 11) is 3.77. The van der Waals surface area contributed by atoms with Crippen LogP contribution in [0.1, 0.15) is 5.56 Å². The van der Waals surface area contributed by atoms with Crippen molar-refractivity contribution in [3.05, 3.63) is 23.8 Å². The van der Waals surface area contributed by atoms with E-state index in [2.05, 4.69) is 32.4 Å². The van der Waals surface area contributed by atoms with Gasteiger partial charge in [-0.25, -0.2) is 4.98 Å². The van der Waals surface area contributed by atoms with E-state index in [-0.39, 0.29) is 18.0 Å². The van der Waals surface area contributed by atoms with Crippen LogP contribution in [0.3, 0.4) is 0 Å². The van der Waals surface area contributed by atoms with Gasteiger partial charge in [0.1, 0.15) is 0 Å². The Kier molecular flexibility index (Phi) is 3.86. The molecule has 2 aromatic rings. The lowest BCUT2D eigenvalue weighted by Crippen LogP contribution is -2.33. The zero-order chi connectivity index (χ0) is 15.7. The Bertz CT molecular complexity index is 698. The number of H-pyrrole nitrogens is 1. The number of rotatable bonds is 4. The lowest BCUT2D eigenvalue weighted by molar-refractivity contribution is 0.104. The fraction of sp³-hybridized carbons (Fsp3) is 0.429. The van der Waals surface area contributed by atoms with Crippen LogP contribution in [0, 0.1) is 0 Å². The van der Waals surface area contributed by atoms with Crippen molar-refractivity contribution in [1.29, 1.82) is 0 Å². The van der Waals surface area contributed by atoms with Gasteiger partial charge in [0.2, 0.25) is 5.95 Å². The summed E-state index contributed by atoms with van der Waals surface area (Å²) in [4.78, 5) is 9.92. The molecular formula is C14H20N6O2. The predicted molar refractivity (Wildman–Crippen MR) is 84.3 cm³/mol. The van der Waals surface area contributed by atoms with E-state index >= 15 is 0 Å². The van der Waals surface area contributed by atoms with Gasteiger partial charge in [-0.15, -0.1) is 0 Å². The van der Waals surface area contributed by atoms with Crippen LogP contribution in [0.4, 0.5) is 5.95 Å². The van der Waals surface area contributed by atoms with E-state index < -0.39 is 0 Å². The van der Waals surface area contributed by atoms with Crippen molar-refractivity contribution in [2.45, 2.75) is 12.1 Å². The summed E-state index contributed by atoms with van der Waals surface area (Å²) in [5.41, 5.74) is 7.81. The lowest BCUT2D eigenvalue weighted by Gasteiger charge is -2.17. The van der Waals surface area contributed by atoms with Gasteiger partial charge in [0.15, 0.2) is 5.84 Å². The van der Waals surface area contributed by atoms with Gasteiger partial charge in [-0.05, 0) is 19.2 Å². The van der Waals surface area contributed by atoms with Gasteiger partial charge in [-0.1, -0.05) is 11.2 Å². The standard InChI is InChI=1S/C14H20N6O2/c1-20-6-10(11(7-20)22-2)17-14-16-9-5-3-4-8(12(9)18-14)13(15)19-21/h3-5,10-11,21H,6-7H2,1-2H3,(H2,15,19)(H2,16,17,18)/t10-,11-/m1/s1. The molecule has 2 heterocycles. The highest BCUT2D eigenvalue weighted by Crippen LogP contribution is 2.21. The Hall–Kier alpha value is -2.32. The zero-order valence-electron chi connectivity index (χ0n) is 12.6. The first-order valence-electron chi connectivity index (χ1n) is 7.07. The molecule has 1 aromatic carbocycles. The van der Waals surface area contributed by atoms with Crippen LogP contribution in [0.2, 0.25) is 0 Å². The van der Waals surface area contributed by atoms with Gasteiger partial charge in [-0.2, -0.15) is 0 Å². The number of methoxy groups -OCH3 is 1. The van der Waals surface area contributed by atoms with E-state index in [0.29, 0.717) is 11.5 Å². The summed E-state index contributed by atoms with van der Waals surface area (Å²) in [6.07, 6.45) is 0.113. The van der Waals surface area contributed by atoms with E-state index in [9.17, 15) is 0 Å². The number of hydrogen-bond acceptors (Lipinski definition) is 6. The van der Waals surface area contributed by atoms with Crippen molar-refractivity contribution < 1.29 is 9.94 Å². The maximum Gasteiger partial charge on any atom is 0.201 e. The van der Waals surface area contributed by atoms with Gasteiger partial charge in [-0.3, -0.25) is 0 Å². The fourth-order valence-corrected chi connectivity index (χ4v) is 2.88. The van der Waals surface area contributed by atoms with Crippen molar-refractivity contribution in [3.8, 4) is 0 Å². The number of oxime groups is 1.